The van der Waals surface area contributed by atoms with Gasteiger partial charge in [0.15, 0.2) is 0 Å². The van der Waals surface area contributed by atoms with Crippen molar-refractivity contribution < 1.29 is 0 Å². The molecule has 5 heavy (non-hydrogen) atoms. The smallest absolute Gasteiger partial charge is 0.0275 e. The zero-order valence-corrected chi connectivity index (χ0v) is 4.50. The Kier molecular flexibility index (Phi) is 4.46. The van der Waals surface area contributed by atoms with Gasteiger partial charge in [0.2, 0.25) is 0 Å². The van der Waals surface area contributed by atoms with Crippen LogP contribution in [0, 0.1) is 0 Å². The summed E-state index contributed by atoms with van der Waals surface area (Å²) in [7, 11) is 3.18. The molecule has 0 aromatic rings. The lowest BCUT2D eigenvalue weighted by Crippen LogP contribution is -1.49. The SMILES string of the molecule is [Si]CC=CCl. The van der Waals surface area contributed by atoms with E-state index in [-0.39, 0.29) is 0 Å². The molecule has 0 aromatic heterocycles. The minimum Gasteiger partial charge on any atom is -0.0933 e. The Balaban J connectivity index is 2.62. The van der Waals surface area contributed by atoms with Gasteiger partial charge in [-0.2, -0.15) is 0 Å². The molecular formula is C3H4ClSi. The van der Waals surface area contributed by atoms with Crippen LogP contribution >= 0.6 is 11.6 Å². The van der Waals surface area contributed by atoms with Crippen LogP contribution < -0.4 is 0 Å². The van der Waals surface area contributed by atoms with E-state index in [0.29, 0.717) is 0 Å². The molecule has 0 N–H and O–H groups in total. The average molecular weight is 104 g/mol. The molecule has 2 heteroatoms. The zero-order chi connectivity index (χ0) is 4.12. The van der Waals surface area contributed by atoms with E-state index in [1.165, 1.54) is 5.54 Å². The maximum atomic E-state index is 5.09. The summed E-state index contributed by atoms with van der Waals surface area (Å²) >= 11 is 5.09. The van der Waals surface area contributed by atoms with E-state index < -0.39 is 0 Å². The van der Waals surface area contributed by atoms with Crippen molar-refractivity contribution >= 4 is 21.8 Å². The van der Waals surface area contributed by atoms with Gasteiger partial charge < -0.3 is 0 Å². The molecule has 0 amide bonds. The number of allylic oxidation sites excluding steroid dienone is 1. The Morgan fingerprint density at radius 2 is 2.40 bits per heavy atom. The first-order valence-corrected chi connectivity index (χ1v) is 2.46. The van der Waals surface area contributed by atoms with E-state index in [1.807, 2.05) is 0 Å². The number of halogens is 1. The fourth-order valence-corrected chi connectivity index (χ4v) is 0.401. The summed E-state index contributed by atoms with van der Waals surface area (Å²) in [6.45, 7) is 0. The fourth-order valence-electron chi connectivity index (χ4n) is 0.0445. The molecule has 0 saturated heterocycles. The van der Waals surface area contributed by atoms with E-state index in [0.717, 1.165) is 6.04 Å². The van der Waals surface area contributed by atoms with Gasteiger partial charge in [0.25, 0.3) is 0 Å². The van der Waals surface area contributed by atoms with E-state index >= 15 is 0 Å². The van der Waals surface area contributed by atoms with Crippen molar-refractivity contribution in [2.75, 3.05) is 0 Å². The minimum absolute atomic E-state index is 0.837. The van der Waals surface area contributed by atoms with Crippen LogP contribution in [-0.2, 0) is 0 Å². The van der Waals surface area contributed by atoms with Crippen LogP contribution in [0.5, 0.6) is 0 Å². The van der Waals surface area contributed by atoms with E-state index in [4.69, 9.17) is 11.6 Å². The summed E-state index contributed by atoms with van der Waals surface area (Å²) in [6.07, 6.45) is 1.80. The highest BCUT2D eigenvalue weighted by atomic mass is 35.5. The zero-order valence-electron chi connectivity index (χ0n) is 2.74. The van der Waals surface area contributed by atoms with Crippen LogP contribution in [0.2, 0.25) is 6.04 Å². The summed E-state index contributed by atoms with van der Waals surface area (Å²) in [5.74, 6) is 0. The largest absolute Gasteiger partial charge is 0.0933 e. The van der Waals surface area contributed by atoms with Gasteiger partial charge in [0, 0.05) is 10.2 Å². The molecule has 0 nitrogen and oxygen atoms in total. The van der Waals surface area contributed by atoms with Crippen molar-refractivity contribution in [1.29, 1.82) is 0 Å². The Hall–Kier alpha value is 0.247. The summed E-state index contributed by atoms with van der Waals surface area (Å²) in [6, 6.07) is 0.837. The molecule has 0 spiro atoms. The van der Waals surface area contributed by atoms with E-state index in [9.17, 15) is 0 Å². The van der Waals surface area contributed by atoms with Crippen LogP contribution in [0.25, 0.3) is 0 Å². The van der Waals surface area contributed by atoms with Crippen molar-refractivity contribution in [3.05, 3.63) is 11.6 Å². The number of hydrogen-bond acceptors (Lipinski definition) is 0. The molecule has 0 atom stereocenters. The standard InChI is InChI=1S/C3H4ClSi/c4-2-1-3-5/h1-2H,3H2. The summed E-state index contributed by atoms with van der Waals surface area (Å²) in [4.78, 5) is 0. The molecule has 27 valence electrons. The predicted octanol–water partition coefficient (Wildman–Crippen LogP) is 1.33. The number of hydrogen-bond donors (Lipinski definition) is 0. The molecule has 0 aromatic carbocycles. The molecule has 0 fully saturated rings. The van der Waals surface area contributed by atoms with Gasteiger partial charge in [-0.1, -0.05) is 17.7 Å². The van der Waals surface area contributed by atoms with Crippen molar-refractivity contribution in [1.82, 2.24) is 0 Å². The second-order valence-corrected chi connectivity index (χ2v) is 1.23. The minimum atomic E-state index is 0.837. The van der Waals surface area contributed by atoms with Crippen LogP contribution in [0.3, 0.4) is 0 Å². The predicted molar refractivity (Wildman–Crippen MR) is 25.6 cm³/mol. The maximum Gasteiger partial charge on any atom is 0.0275 e. The normalized spacial score (nSPS) is 10.0. The van der Waals surface area contributed by atoms with Crippen LogP contribution in [-0.4, -0.2) is 10.2 Å². The first-order chi connectivity index (χ1) is 2.41. The van der Waals surface area contributed by atoms with Crippen molar-refractivity contribution in [2.24, 2.45) is 0 Å². The summed E-state index contributed by atoms with van der Waals surface area (Å²) in [5.41, 5.74) is 1.48. The molecular weight excluding hydrogens is 99.6 g/mol. The third kappa shape index (κ3) is 4.25. The lowest BCUT2D eigenvalue weighted by Gasteiger charge is -1.62. The number of rotatable bonds is 1. The highest BCUT2D eigenvalue weighted by Crippen LogP contribution is 1.78. The van der Waals surface area contributed by atoms with Gasteiger partial charge in [0.05, 0.1) is 0 Å². The molecule has 0 aliphatic heterocycles. The van der Waals surface area contributed by atoms with Gasteiger partial charge in [-0.05, 0) is 11.6 Å². The Morgan fingerprint density at radius 1 is 1.80 bits per heavy atom. The van der Waals surface area contributed by atoms with Gasteiger partial charge in [-0.15, -0.1) is 0 Å². The van der Waals surface area contributed by atoms with Crippen molar-refractivity contribution in [3.63, 3.8) is 0 Å². The second kappa shape index (κ2) is 4.25. The van der Waals surface area contributed by atoms with E-state index in [2.05, 4.69) is 10.2 Å². The molecule has 0 saturated carbocycles. The highest BCUT2D eigenvalue weighted by molar-refractivity contribution is 6.25. The fraction of sp³-hybridized carbons (Fsp3) is 0.333. The van der Waals surface area contributed by atoms with Crippen molar-refractivity contribution in [2.45, 2.75) is 6.04 Å². The average Bonchev–Trinajstić information content (AvgIpc) is 1.41. The quantitative estimate of drug-likeness (QED) is 0.439. The maximum absolute atomic E-state index is 5.09. The first kappa shape index (κ1) is 5.25. The Labute approximate surface area is 40.3 Å². The molecule has 0 unspecified atom stereocenters. The first-order valence-electron chi connectivity index (χ1n) is 1.31. The van der Waals surface area contributed by atoms with Crippen LogP contribution in [0.1, 0.15) is 0 Å². The molecule has 0 bridgehead atoms. The molecule has 0 heterocycles. The molecule has 0 rings (SSSR count). The highest BCUT2D eigenvalue weighted by Gasteiger charge is 1.54. The second-order valence-electron chi connectivity index (χ2n) is 0.566. The van der Waals surface area contributed by atoms with Gasteiger partial charge in [-0.25, -0.2) is 0 Å². The van der Waals surface area contributed by atoms with Gasteiger partial charge in [0.1, 0.15) is 0 Å². The summed E-state index contributed by atoms with van der Waals surface area (Å²) in [5, 5.41) is 0. The third-order valence-corrected chi connectivity index (χ3v) is 0.621. The molecule has 3 radical (unpaired) electrons. The van der Waals surface area contributed by atoms with Crippen LogP contribution in [0.4, 0.5) is 0 Å². The van der Waals surface area contributed by atoms with Gasteiger partial charge >= 0.3 is 0 Å². The molecule has 0 aliphatic rings. The monoisotopic (exact) mass is 103 g/mol. The van der Waals surface area contributed by atoms with Gasteiger partial charge in [-0.3, -0.25) is 0 Å². The lowest BCUT2D eigenvalue weighted by atomic mass is 10.8. The summed E-state index contributed by atoms with van der Waals surface area (Å²) < 4.78 is 0. The van der Waals surface area contributed by atoms with Crippen LogP contribution in [0.15, 0.2) is 11.6 Å². The molecule has 0 aliphatic carbocycles. The topological polar surface area (TPSA) is 0 Å². The third-order valence-electron chi connectivity index (χ3n) is 0.207. The lowest BCUT2D eigenvalue weighted by molar-refractivity contribution is 1.75. The van der Waals surface area contributed by atoms with E-state index in [1.54, 1.807) is 6.08 Å². The Morgan fingerprint density at radius 3 is 2.40 bits per heavy atom. The Bertz CT molecular complexity index is 33.9. The van der Waals surface area contributed by atoms with Crippen molar-refractivity contribution in [3.8, 4) is 0 Å².